The smallest absolute Gasteiger partial charge is 0.338 e. The van der Waals surface area contributed by atoms with Crippen molar-refractivity contribution in [3.8, 4) is 0 Å². The van der Waals surface area contributed by atoms with Crippen LogP contribution in [0.2, 0.25) is 0 Å². The molecule has 9 nitrogen and oxygen atoms in total. The Hall–Kier alpha value is -2.46. The molecule has 0 aliphatic carbocycles. The molecular weight excluding hydrogens is 352 g/mol. The lowest BCUT2D eigenvalue weighted by molar-refractivity contribution is -0.143. The number of amides is 1. The van der Waals surface area contributed by atoms with E-state index >= 15 is 0 Å². The number of ether oxygens (including phenoxy) is 2. The van der Waals surface area contributed by atoms with E-state index in [0.717, 1.165) is 0 Å². The molecule has 0 saturated carbocycles. The van der Waals surface area contributed by atoms with E-state index in [2.05, 4.69) is 5.32 Å². The second-order valence-corrected chi connectivity index (χ2v) is 6.47. The molecule has 0 fully saturated rings. The zero-order valence-corrected chi connectivity index (χ0v) is 14.5. The maximum atomic E-state index is 11.8. The number of nitrogens with two attached hydrogens (primary N) is 1. The summed E-state index contributed by atoms with van der Waals surface area (Å²) in [4.78, 5) is 34.3. The van der Waals surface area contributed by atoms with Gasteiger partial charge in [0.2, 0.25) is 10.0 Å². The summed E-state index contributed by atoms with van der Waals surface area (Å²) in [6.45, 7) is 1.77. The van der Waals surface area contributed by atoms with Gasteiger partial charge in [-0.15, -0.1) is 0 Å². The van der Waals surface area contributed by atoms with Crippen LogP contribution in [0.25, 0.3) is 0 Å². The third-order valence-corrected chi connectivity index (χ3v) is 3.87. The molecule has 0 unspecified atom stereocenters. The van der Waals surface area contributed by atoms with Crippen LogP contribution in [0, 0.1) is 0 Å². The van der Waals surface area contributed by atoms with E-state index in [1.807, 2.05) is 0 Å². The Balaban J connectivity index is 2.33. The van der Waals surface area contributed by atoms with Gasteiger partial charge in [0.25, 0.3) is 5.91 Å². The van der Waals surface area contributed by atoms with Crippen LogP contribution in [0.3, 0.4) is 0 Å². The normalized spacial score (nSPS) is 10.8. The molecule has 1 aromatic rings. The van der Waals surface area contributed by atoms with Gasteiger partial charge in [0, 0.05) is 13.0 Å². The van der Waals surface area contributed by atoms with Gasteiger partial charge in [0.1, 0.15) is 0 Å². The van der Waals surface area contributed by atoms with E-state index in [9.17, 15) is 22.8 Å². The highest BCUT2D eigenvalue weighted by Crippen LogP contribution is 2.09. The van der Waals surface area contributed by atoms with E-state index in [-0.39, 0.29) is 29.4 Å². The topological polar surface area (TPSA) is 142 Å². The van der Waals surface area contributed by atoms with Crippen LogP contribution in [0.15, 0.2) is 29.2 Å². The van der Waals surface area contributed by atoms with E-state index in [1.165, 1.54) is 24.3 Å². The summed E-state index contributed by atoms with van der Waals surface area (Å²) >= 11 is 0. The van der Waals surface area contributed by atoms with Crippen molar-refractivity contribution in [2.75, 3.05) is 19.8 Å². The molecule has 1 amide bonds. The fourth-order valence-electron chi connectivity index (χ4n) is 1.74. The fraction of sp³-hybridized carbons (Fsp3) is 0.400. The highest BCUT2D eigenvalue weighted by atomic mass is 32.2. The standard InChI is InChI=1S/C15H20N2O7S/c1-2-23-14(19)4-3-9-17-13(18)10-24-15(20)11-5-7-12(8-6-11)25(16,21)22/h5-8H,2-4,9-10H2,1H3,(H,17,18)(H2,16,21,22). The first-order valence-electron chi connectivity index (χ1n) is 7.46. The van der Waals surface area contributed by atoms with Crippen LogP contribution < -0.4 is 10.5 Å². The fourth-order valence-corrected chi connectivity index (χ4v) is 2.26. The molecule has 0 spiro atoms. The van der Waals surface area contributed by atoms with E-state index in [1.54, 1.807) is 6.92 Å². The Morgan fingerprint density at radius 1 is 1.12 bits per heavy atom. The summed E-state index contributed by atoms with van der Waals surface area (Å²) in [6.07, 6.45) is 0.595. The van der Waals surface area contributed by atoms with Crippen LogP contribution in [0.4, 0.5) is 0 Å². The van der Waals surface area contributed by atoms with Crippen LogP contribution >= 0.6 is 0 Å². The third kappa shape index (κ3) is 7.77. The van der Waals surface area contributed by atoms with Crippen molar-refractivity contribution in [3.05, 3.63) is 29.8 Å². The van der Waals surface area contributed by atoms with Crippen molar-refractivity contribution in [3.63, 3.8) is 0 Å². The molecular formula is C15H20N2O7S. The Kier molecular flexibility index (Phi) is 8.02. The number of hydrogen-bond acceptors (Lipinski definition) is 7. The zero-order valence-electron chi connectivity index (χ0n) is 13.7. The van der Waals surface area contributed by atoms with Gasteiger partial charge in [0.15, 0.2) is 6.61 Å². The lowest BCUT2D eigenvalue weighted by Crippen LogP contribution is -2.30. The Bertz CT molecular complexity index is 714. The second-order valence-electron chi connectivity index (χ2n) is 4.90. The number of sulfonamides is 1. The van der Waals surface area contributed by atoms with Gasteiger partial charge in [-0.3, -0.25) is 9.59 Å². The Labute approximate surface area is 145 Å². The van der Waals surface area contributed by atoms with Gasteiger partial charge in [-0.05, 0) is 37.6 Å². The number of carbonyl (C=O) groups excluding carboxylic acids is 3. The largest absolute Gasteiger partial charge is 0.466 e. The lowest BCUT2D eigenvalue weighted by atomic mass is 10.2. The third-order valence-electron chi connectivity index (χ3n) is 2.94. The van der Waals surface area contributed by atoms with E-state index in [4.69, 9.17) is 14.6 Å². The molecule has 0 atom stereocenters. The highest BCUT2D eigenvalue weighted by molar-refractivity contribution is 7.89. The number of carbonyl (C=O) groups is 3. The molecule has 1 aromatic carbocycles. The van der Waals surface area contributed by atoms with Crippen molar-refractivity contribution >= 4 is 27.9 Å². The first-order valence-corrected chi connectivity index (χ1v) is 9.01. The molecule has 0 saturated heterocycles. The van der Waals surface area contributed by atoms with Gasteiger partial charge in [-0.1, -0.05) is 0 Å². The van der Waals surface area contributed by atoms with E-state index in [0.29, 0.717) is 13.0 Å². The molecule has 0 aliphatic heterocycles. The molecule has 25 heavy (non-hydrogen) atoms. The van der Waals surface area contributed by atoms with Gasteiger partial charge < -0.3 is 14.8 Å². The number of rotatable bonds is 9. The molecule has 1 rings (SSSR count). The number of benzene rings is 1. The van der Waals surface area contributed by atoms with Gasteiger partial charge >= 0.3 is 11.9 Å². The van der Waals surface area contributed by atoms with Crippen molar-refractivity contribution in [1.82, 2.24) is 5.32 Å². The number of hydrogen-bond donors (Lipinski definition) is 2. The summed E-state index contributed by atoms with van der Waals surface area (Å²) < 4.78 is 31.8. The average molecular weight is 372 g/mol. The van der Waals surface area contributed by atoms with Gasteiger partial charge in [0.05, 0.1) is 17.1 Å². The van der Waals surface area contributed by atoms with Gasteiger partial charge in [-0.2, -0.15) is 0 Å². The Morgan fingerprint density at radius 3 is 2.32 bits per heavy atom. The molecule has 10 heteroatoms. The van der Waals surface area contributed by atoms with Crippen LogP contribution in [0.5, 0.6) is 0 Å². The van der Waals surface area contributed by atoms with E-state index < -0.39 is 28.5 Å². The van der Waals surface area contributed by atoms with Gasteiger partial charge in [-0.25, -0.2) is 18.4 Å². The minimum Gasteiger partial charge on any atom is -0.466 e. The molecule has 0 aliphatic rings. The highest BCUT2D eigenvalue weighted by Gasteiger charge is 2.12. The molecule has 0 heterocycles. The van der Waals surface area contributed by atoms with Crippen molar-refractivity contribution in [1.29, 1.82) is 0 Å². The number of esters is 2. The average Bonchev–Trinajstić information content (AvgIpc) is 2.56. The first-order chi connectivity index (χ1) is 11.7. The molecule has 0 bridgehead atoms. The molecule has 3 N–H and O–H groups in total. The molecule has 0 aromatic heterocycles. The maximum Gasteiger partial charge on any atom is 0.338 e. The van der Waals surface area contributed by atoms with Crippen LogP contribution in [0.1, 0.15) is 30.1 Å². The summed E-state index contributed by atoms with van der Waals surface area (Å²) in [5, 5.41) is 7.45. The van der Waals surface area contributed by atoms with Crippen molar-refractivity contribution in [2.24, 2.45) is 5.14 Å². The lowest BCUT2D eigenvalue weighted by Gasteiger charge is -2.07. The molecule has 138 valence electrons. The minimum absolute atomic E-state index is 0.0857. The maximum absolute atomic E-state index is 11.8. The van der Waals surface area contributed by atoms with Crippen LogP contribution in [-0.4, -0.2) is 46.0 Å². The SMILES string of the molecule is CCOC(=O)CCCNC(=O)COC(=O)c1ccc(S(N)(=O)=O)cc1. The summed E-state index contributed by atoms with van der Waals surface area (Å²) in [5.41, 5.74) is 0.0857. The summed E-state index contributed by atoms with van der Waals surface area (Å²) in [7, 11) is -3.84. The molecule has 0 radical (unpaired) electrons. The first kappa shape index (κ1) is 20.6. The number of nitrogens with one attached hydrogen (secondary N) is 1. The zero-order chi connectivity index (χ0) is 18.9. The van der Waals surface area contributed by atoms with Crippen molar-refractivity contribution in [2.45, 2.75) is 24.7 Å². The predicted octanol–water partition coefficient (Wildman–Crippen LogP) is -0.0497. The quantitative estimate of drug-likeness (QED) is 0.457. The minimum atomic E-state index is -3.84. The summed E-state index contributed by atoms with van der Waals surface area (Å²) in [6, 6.07) is 4.81. The summed E-state index contributed by atoms with van der Waals surface area (Å²) in [5.74, 6) is -1.63. The predicted molar refractivity (Wildman–Crippen MR) is 87.0 cm³/mol. The number of primary sulfonamides is 1. The monoisotopic (exact) mass is 372 g/mol. The Morgan fingerprint density at radius 2 is 1.76 bits per heavy atom. The van der Waals surface area contributed by atoms with Crippen LogP contribution in [-0.2, 0) is 29.1 Å². The van der Waals surface area contributed by atoms with Crippen molar-refractivity contribution < 1.29 is 32.3 Å². The second kappa shape index (κ2) is 9.74.